The minimum Gasteiger partial charge on any atom is -0.301 e. The molecule has 1 N–H and O–H groups in total. The maximum atomic E-state index is 13.2. The molecule has 0 saturated carbocycles. The molecular formula is C7H14FIN2. The van der Waals surface area contributed by atoms with Crippen LogP contribution in [-0.4, -0.2) is 36.7 Å². The summed E-state index contributed by atoms with van der Waals surface area (Å²) in [6, 6.07) is 0.0680. The highest BCUT2D eigenvalue weighted by Crippen LogP contribution is 2.14. The first-order chi connectivity index (χ1) is 5.27. The summed E-state index contributed by atoms with van der Waals surface area (Å²) < 4.78 is 16.1. The standard InChI is InChI=1S/C7H14FIN2/c1-2-11-4-3-7(10-9)6(8)5-11/h6-7,10H,2-5H2,1H3. The summed E-state index contributed by atoms with van der Waals surface area (Å²) in [6.45, 7) is 4.66. The summed E-state index contributed by atoms with van der Waals surface area (Å²) in [5, 5.41) is 0. The highest BCUT2D eigenvalue weighted by molar-refractivity contribution is 14.1. The van der Waals surface area contributed by atoms with Gasteiger partial charge in [0, 0.05) is 29.4 Å². The van der Waals surface area contributed by atoms with Gasteiger partial charge in [-0.3, -0.25) is 3.53 Å². The molecule has 1 heterocycles. The van der Waals surface area contributed by atoms with Gasteiger partial charge in [-0.1, -0.05) is 6.92 Å². The third kappa shape index (κ3) is 2.52. The van der Waals surface area contributed by atoms with Crippen molar-refractivity contribution in [2.45, 2.75) is 25.6 Å². The second-order valence-corrected chi connectivity index (χ2v) is 3.54. The molecule has 4 heteroatoms. The first kappa shape index (κ1) is 9.67. The van der Waals surface area contributed by atoms with Crippen molar-refractivity contribution in [3.63, 3.8) is 0 Å². The Morgan fingerprint density at radius 3 is 2.91 bits per heavy atom. The van der Waals surface area contributed by atoms with E-state index in [0.717, 1.165) is 19.5 Å². The van der Waals surface area contributed by atoms with Crippen molar-refractivity contribution in [2.24, 2.45) is 0 Å². The summed E-state index contributed by atoms with van der Waals surface area (Å²) >= 11 is 2.03. The molecule has 0 aromatic heterocycles. The minimum absolute atomic E-state index is 0.0680. The molecule has 0 radical (unpaired) electrons. The number of halogens is 2. The van der Waals surface area contributed by atoms with Gasteiger partial charge in [-0.05, 0) is 19.5 Å². The van der Waals surface area contributed by atoms with Crippen molar-refractivity contribution in [3.8, 4) is 0 Å². The Bertz CT molecular complexity index is 123. The van der Waals surface area contributed by atoms with E-state index in [9.17, 15) is 4.39 Å². The molecule has 2 atom stereocenters. The van der Waals surface area contributed by atoms with Crippen LogP contribution in [0.3, 0.4) is 0 Å². The van der Waals surface area contributed by atoms with Crippen LogP contribution in [0, 0.1) is 0 Å². The summed E-state index contributed by atoms with van der Waals surface area (Å²) in [6.07, 6.45) is 0.235. The predicted molar refractivity (Wildman–Crippen MR) is 52.6 cm³/mol. The Labute approximate surface area is 81.0 Å². The fraction of sp³-hybridized carbons (Fsp3) is 1.00. The number of nitrogens with one attached hydrogen (secondary N) is 1. The quantitative estimate of drug-likeness (QED) is 0.603. The average molecular weight is 272 g/mol. The van der Waals surface area contributed by atoms with Crippen LogP contribution in [0.5, 0.6) is 0 Å². The van der Waals surface area contributed by atoms with E-state index in [2.05, 4.69) is 15.4 Å². The molecule has 1 rings (SSSR count). The van der Waals surface area contributed by atoms with E-state index in [1.54, 1.807) is 0 Å². The lowest BCUT2D eigenvalue weighted by atomic mass is 10.0. The van der Waals surface area contributed by atoms with E-state index < -0.39 is 6.17 Å². The third-order valence-electron chi connectivity index (χ3n) is 2.21. The molecular weight excluding hydrogens is 258 g/mol. The van der Waals surface area contributed by atoms with Gasteiger partial charge in [-0.2, -0.15) is 0 Å². The van der Waals surface area contributed by atoms with Crippen molar-refractivity contribution in [1.29, 1.82) is 0 Å². The Morgan fingerprint density at radius 1 is 1.73 bits per heavy atom. The first-order valence-electron chi connectivity index (χ1n) is 4.00. The fourth-order valence-corrected chi connectivity index (χ4v) is 2.08. The van der Waals surface area contributed by atoms with E-state index in [0.29, 0.717) is 6.54 Å². The number of rotatable bonds is 2. The molecule has 2 nitrogen and oxygen atoms in total. The smallest absolute Gasteiger partial charge is 0.129 e. The predicted octanol–water partition coefficient (Wildman–Crippen LogP) is 1.36. The number of hydrogen-bond acceptors (Lipinski definition) is 2. The van der Waals surface area contributed by atoms with E-state index in [-0.39, 0.29) is 6.04 Å². The first-order valence-corrected chi connectivity index (χ1v) is 5.08. The third-order valence-corrected chi connectivity index (χ3v) is 3.01. The second kappa shape index (κ2) is 4.57. The normalized spacial score (nSPS) is 34.1. The SMILES string of the molecule is CCN1CCC(NI)C(F)C1. The molecule has 0 spiro atoms. The Balaban J connectivity index is 2.34. The molecule has 1 fully saturated rings. The lowest BCUT2D eigenvalue weighted by molar-refractivity contribution is 0.121. The summed E-state index contributed by atoms with van der Waals surface area (Å²) in [5.41, 5.74) is 0. The van der Waals surface area contributed by atoms with Crippen LogP contribution in [0.2, 0.25) is 0 Å². The van der Waals surface area contributed by atoms with Crippen LogP contribution < -0.4 is 3.53 Å². The second-order valence-electron chi connectivity index (χ2n) is 2.91. The van der Waals surface area contributed by atoms with Gasteiger partial charge >= 0.3 is 0 Å². The molecule has 66 valence electrons. The van der Waals surface area contributed by atoms with E-state index >= 15 is 0 Å². The van der Waals surface area contributed by atoms with Gasteiger partial charge < -0.3 is 4.90 Å². The van der Waals surface area contributed by atoms with Gasteiger partial charge in [0.15, 0.2) is 0 Å². The largest absolute Gasteiger partial charge is 0.301 e. The van der Waals surface area contributed by atoms with Gasteiger partial charge in [-0.25, -0.2) is 4.39 Å². The van der Waals surface area contributed by atoms with Crippen LogP contribution >= 0.6 is 22.9 Å². The van der Waals surface area contributed by atoms with Crippen LogP contribution in [0.15, 0.2) is 0 Å². The molecule has 0 aromatic rings. The van der Waals surface area contributed by atoms with Crippen molar-refractivity contribution >= 4 is 22.9 Å². The lowest BCUT2D eigenvalue weighted by Gasteiger charge is -2.33. The maximum Gasteiger partial charge on any atom is 0.129 e. The van der Waals surface area contributed by atoms with E-state index in [4.69, 9.17) is 0 Å². The monoisotopic (exact) mass is 272 g/mol. The molecule has 0 aliphatic carbocycles. The highest BCUT2D eigenvalue weighted by atomic mass is 127. The van der Waals surface area contributed by atoms with Crippen LogP contribution in [0.25, 0.3) is 0 Å². The molecule has 1 aliphatic rings. The van der Waals surface area contributed by atoms with Gasteiger partial charge in [0.1, 0.15) is 6.17 Å². The summed E-state index contributed by atoms with van der Waals surface area (Å²) in [7, 11) is 0. The zero-order valence-corrected chi connectivity index (χ0v) is 8.84. The molecule has 1 saturated heterocycles. The Hall–Kier alpha value is 0.580. The number of nitrogens with zero attached hydrogens (tertiary/aromatic N) is 1. The highest BCUT2D eigenvalue weighted by Gasteiger charge is 2.27. The van der Waals surface area contributed by atoms with Crippen molar-refractivity contribution in [3.05, 3.63) is 0 Å². The minimum atomic E-state index is -0.694. The number of hydrogen-bond donors (Lipinski definition) is 1. The lowest BCUT2D eigenvalue weighted by Crippen LogP contribution is -2.48. The van der Waals surface area contributed by atoms with Crippen LogP contribution in [-0.2, 0) is 0 Å². The average Bonchev–Trinajstić information content (AvgIpc) is 2.04. The van der Waals surface area contributed by atoms with Crippen molar-refractivity contribution < 1.29 is 4.39 Å². The molecule has 0 amide bonds. The van der Waals surface area contributed by atoms with Gasteiger partial charge in [0.05, 0.1) is 6.04 Å². The molecule has 2 unspecified atom stereocenters. The van der Waals surface area contributed by atoms with E-state index in [1.165, 1.54) is 0 Å². The Kier molecular flexibility index (Phi) is 4.01. The summed E-state index contributed by atoms with van der Waals surface area (Å²) in [5.74, 6) is 0. The van der Waals surface area contributed by atoms with E-state index in [1.807, 2.05) is 22.9 Å². The summed E-state index contributed by atoms with van der Waals surface area (Å²) in [4.78, 5) is 2.15. The number of likely N-dealkylation sites (tertiary alicyclic amines) is 1. The van der Waals surface area contributed by atoms with Gasteiger partial charge in [0.25, 0.3) is 0 Å². The molecule has 1 aliphatic heterocycles. The molecule has 11 heavy (non-hydrogen) atoms. The molecule has 0 aromatic carbocycles. The number of piperidine rings is 1. The van der Waals surface area contributed by atoms with Gasteiger partial charge in [-0.15, -0.1) is 0 Å². The van der Waals surface area contributed by atoms with Crippen LogP contribution in [0.1, 0.15) is 13.3 Å². The van der Waals surface area contributed by atoms with Crippen molar-refractivity contribution in [1.82, 2.24) is 8.43 Å². The Morgan fingerprint density at radius 2 is 2.45 bits per heavy atom. The number of alkyl halides is 1. The van der Waals surface area contributed by atoms with Crippen molar-refractivity contribution in [2.75, 3.05) is 19.6 Å². The topological polar surface area (TPSA) is 15.3 Å². The van der Waals surface area contributed by atoms with Crippen LogP contribution in [0.4, 0.5) is 4.39 Å². The zero-order valence-electron chi connectivity index (χ0n) is 6.69. The fourth-order valence-electron chi connectivity index (χ4n) is 1.38. The molecule has 0 bridgehead atoms. The zero-order chi connectivity index (χ0) is 8.27. The maximum absolute atomic E-state index is 13.2. The van der Waals surface area contributed by atoms with Gasteiger partial charge in [0.2, 0.25) is 0 Å².